The van der Waals surface area contributed by atoms with Crippen molar-refractivity contribution in [3.63, 3.8) is 0 Å². The van der Waals surface area contributed by atoms with Gasteiger partial charge in [-0.2, -0.15) is 0 Å². The molecule has 0 atom stereocenters. The lowest BCUT2D eigenvalue weighted by molar-refractivity contribution is -0.122. The maximum absolute atomic E-state index is 12.8. The summed E-state index contributed by atoms with van der Waals surface area (Å²) in [5, 5.41) is 9.87. The number of amides is 1. The fourth-order valence-electron chi connectivity index (χ4n) is 2.95. The first-order valence-electron chi connectivity index (χ1n) is 9.94. The van der Waals surface area contributed by atoms with Crippen molar-refractivity contribution in [2.45, 2.75) is 20.4 Å². The van der Waals surface area contributed by atoms with Gasteiger partial charge in [-0.15, -0.1) is 0 Å². The number of rotatable bonds is 5. The minimum atomic E-state index is -0.991. The lowest BCUT2D eigenvalue weighted by Crippen LogP contribution is -2.27. The van der Waals surface area contributed by atoms with Crippen molar-refractivity contribution in [2.75, 3.05) is 0 Å². The summed E-state index contributed by atoms with van der Waals surface area (Å²) < 4.78 is 6.26. The van der Waals surface area contributed by atoms with Gasteiger partial charge < -0.3 is 9.52 Å². The molecule has 2 heterocycles. The molecule has 1 aliphatic rings. The Morgan fingerprint density at radius 3 is 2.42 bits per heavy atom. The summed E-state index contributed by atoms with van der Waals surface area (Å²) in [6, 6.07) is 15.0. The maximum Gasteiger partial charge on any atom is 0.335 e. The van der Waals surface area contributed by atoms with Crippen molar-refractivity contribution in [3.8, 4) is 11.3 Å². The number of thioether (sulfide) groups is 1. The number of aromatic carboxylic acids is 1. The Labute approximate surface area is 211 Å². The zero-order chi connectivity index (χ0) is 24.1. The lowest BCUT2D eigenvalue weighted by Gasteiger charge is -2.14. The molecule has 1 fully saturated rings. The van der Waals surface area contributed by atoms with Crippen LogP contribution in [0.1, 0.15) is 35.5 Å². The third-order valence-corrected chi connectivity index (χ3v) is 6.63. The van der Waals surface area contributed by atoms with Crippen LogP contribution in [0.4, 0.5) is 0 Å². The number of benzene rings is 2. The number of nitrogens with zero attached hydrogens (tertiary/aromatic N) is 1. The molecule has 5 nitrogen and oxygen atoms in total. The molecule has 4 rings (SSSR count). The van der Waals surface area contributed by atoms with E-state index in [1.165, 1.54) is 28.8 Å². The largest absolute Gasteiger partial charge is 0.478 e. The smallest absolute Gasteiger partial charge is 0.335 e. The fourth-order valence-corrected chi connectivity index (χ4v) is 4.50. The number of halogens is 2. The van der Waals surface area contributed by atoms with E-state index < -0.39 is 5.97 Å². The summed E-state index contributed by atoms with van der Waals surface area (Å²) in [5.74, 6) is -0.152. The molecule has 1 aliphatic heterocycles. The highest BCUT2D eigenvalue weighted by molar-refractivity contribution is 8.26. The van der Waals surface area contributed by atoms with Crippen LogP contribution in [-0.2, 0) is 11.3 Å². The van der Waals surface area contributed by atoms with Gasteiger partial charge in [0.15, 0.2) is 0 Å². The van der Waals surface area contributed by atoms with Crippen molar-refractivity contribution in [3.05, 3.63) is 86.4 Å². The van der Waals surface area contributed by atoms with Crippen LogP contribution in [0.5, 0.6) is 0 Å². The van der Waals surface area contributed by atoms with Crippen molar-refractivity contribution < 1.29 is 19.1 Å². The third-order valence-electron chi connectivity index (χ3n) is 4.51. The van der Waals surface area contributed by atoms with Crippen LogP contribution < -0.4 is 0 Å². The Bertz CT molecular complexity index is 1240. The molecule has 1 N–H and O–H groups in total. The van der Waals surface area contributed by atoms with E-state index in [0.29, 0.717) is 30.8 Å². The van der Waals surface area contributed by atoms with Crippen LogP contribution in [-0.4, -0.2) is 26.2 Å². The Balaban J connectivity index is 0.00000149. The normalized spacial score (nSPS) is 14.4. The quantitative estimate of drug-likeness (QED) is 0.280. The van der Waals surface area contributed by atoms with E-state index in [-0.39, 0.29) is 18.0 Å². The van der Waals surface area contributed by atoms with Gasteiger partial charge in [0.2, 0.25) is 0 Å². The Morgan fingerprint density at radius 2 is 1.79 bits per heavy atom. The molecule has 0 radical (unpaired) electrons. The van der Waals surface area contributed by atoms with Crippen LogP contribution in [0.2, 0.25) is 10.0 Å². The summed E-state index contributed by atoms with van der Waals surface area (Å²) >= 11 is 18.6. The average Bonchev–Trinajstić information content (AvgIpc) is 3.38. The highest BCUT2D eigenvalue weighted by atomic mass is 35.5. The van der Waals surface area contributed by atoms with Crippen LogP contribution in [0.25, 0.3) is 17.4 Å². The van der Waals surface area contributed by atoms with Crippen molar-refractivity contribution >= 4 is 69.5 Å². The van der Waals surface area contributed by atoms with Crippen LogP contribution >= 0.6 is 47.2 Å². The number of hydrogen-bond donors (Lipinski definition) is 1. The first kappa shape index (κ1) is 25.1. The molecular formula is C24H19Cl2NO4S2. The minimum absolute atomic E-state index is 0.196. The third kappa shape index (κ3) is 5.86. The predicted molar refractivity (Wildman–Crippen MR) is 138 cm³/mol. The molecular weight excluding hydrogens is 501 g/mol. The maximum atomic E-state index is 12.8. The number of carbonyl (C=O) groups is 2. The minimum Gasteiger partial charge on any atom is -0.478 e. The van der Waals surface area contributed by atoms with Gasteiger partial charge in [0.05, 0.1) is 27.1 Å². The molecule has 0 aliphatic carbocycles. The molecule has 1 aromatic heterocycles. The van der Waals surface area contributed by atoms with Gasteiger partial charge in [0.25, 0.3) is 5.91 Å². The number of hydrogen-bond acceptors (Lipinski definition) is 5. The van der Waals surface area contributed by atoms with Crippen molar-refractivity contribution in [1.29, 1.82) is 0 Å². The van der Waals surface area contributed by atoms with Gasteiger partial charge in [0.1, 0.15) is 15.8 Å². The van der Waals surface area contributed by atoms with Gasteiger partial charge in [0, 0.05) is 11.6 Å². The number of carboxylic acids is 1. The molecule has 2 aromatic carbocycles. The Morgan fingerprint density at radius 1 is 1.09 bits per heavy atom. The van der Waals surface area contributed by atoms with Crippen LogP contribution in [0.3, 0.4) is 0 Å². The molecule has 0 saturated carbocycles. The Kier molecular flexibility index (Phi) is 8.37. The molecule has 0 bridgehead atoms. The van der Waals surface area contributed by atoms with Crippen molar-refractivity contribution in [2.24, 2.45) is 0 Å². The Hall–Kier alpha value is -2.58. The second kappa shape index (κ2) is 11.0. The van der Waals surface area contributed by atoms with E-state index in [9.17, 15) is 9.59 Å². The van der Waals surface area contributed by atoms with Gasteiger partial charge >= 0.3 is 5.97 Å². The zero-order valence-corrected chi connectivity index (χ0v) is 20.8. The number of carboxylic acid groups (broad SMARTS) is 1. The van der Waals surface area contributed by atoms with Crippen LogP contribution in [0, 0.1) is 0 Å². The first-order valence-corrected chi connectivity index (χ1v) is 11.9. The molecule has 33 heavy (non-hydrogen) atoms. The number of thiocarbonyl (C=S) groups is 1. The van der Waals surface area contributed by atoms with Gasteiger partial charge in [-0.3, -0.25) is 9.69 Å². The summed E-state index contributed by atoms with van der Waals surface area (Å²) in [5.41, 5.74) is 1.75. The molecule has 3 aromatic rings. The van der Waals surface area contributed by atoms with Gasteiger partial charge in [-0.05, 0) is 42.0 Å². The number of furan rings is 1. The second-order valence-corrected chi connectivity index (χ2v) is 9.09. The standard InChI is InChI=1S/C22H13Cl2NO4S2.C2H6/c23-16-7-1-12(9-17(16)24)11-25-20(26)19(31-22(25)30)10-15-6-8-18(29-15)13-2-4-14(5-3-13)21(27)28;1-2/h1-10H,11H2,(H,27,28);1-2H3/b19-10-;. The number of carbonyl (C=O) groups excluding carboxylic acids is 1. The van der Waals surface area contributed by atoms with Crippen LogP contribution in [0.15, 0.2) is 63.9 Å². The summed E-state index contributed by atoms with van der Waals surface area (Å²) in [4.78, 5) is 25.8. The molecule has 1 saturated heterocycles. The topological polar surface area (TPSA) is 70.8 Å². The predicted octanol–water partition coefficient (Wildman–Crippen LogP) is 7.38. The van der Waals surface area contributed by atoms with E-state index in [0.717, 1.165) is 11.1 Å². The molecule has 170 valence electrons. The zero-order valence-electron chi connectivity index (χ0n) is 17.7. The van der Waals surface area contributed by atoms with Gasteiger partial charge in [-0.25, -0.2) is 4.79 Å². The van der Waals surface area contributed by atoms with E-state index in [4.69, 9.17) is 44.9 Å². The second-order valence-electron chi connectivity index (χ2n) is 6.60. The van der Waals surface area contributed by atoms with Gasteiger partial charge in [-0.1, -0.05) is 79.2 Å². The molecule has 1 amide bonds. The molecule has 0 unspecified atom stereocenters. The average molecular weight is 520 g/mol. The SMILES string of the molecule is CC.O=C(O)c1ccc(-c2ccc(/C=C3\SC(=S)N(Cc4ccc(Cl)c(Cl)c4)C3=O)o2)cc1. The summed E-state index contributed by atoms with van der Waals surface area (Å²) in [6.07, 6.45) is 1.64. The van der Waals surface area contributed by atoms with E-state index in [2.05, 4.69) is 0 Å². The first-order chi connectivity index (χ1) is 15.8. The lowest BCUT2D eigenvalue weighted by atomic mass is 10.1. The van der Waals surface area contributed by atoms with E-state index in [1.807, 2.05) is 13.8 Å². The molecule has 9 heteroatoms. The highest BCUT2D eigenvalue weighted by Crippen LogP contribution is 2.35. The monoisotopic (exact) mass is 519 g/mol. The van der Waals surface area contributed by atoms with Crippen molar-refractivity contribution in [1.82, 2.24) is 4.90 Å². The fraction of sp³-hybridized carbons (Fsp3) is 0.125. The van der Waals surface area contributed by atoms with E-state index in [1.54, 1.807) is 48.5 Å². The highest BCUT2D eigenvalue weighted by Gasteiger charge is 2.32. The van der Waals surface area contributed by atoms with E-state index >= 15 is 0 Å². The molecule has 0 spiro atoms. The summed E-state index contributed by atoms with van der Waals surface area (Å²) in [6.45, 7) is 4.29. The summed E-state index contributed by atoms with van der Waals surface area (Å²) in [7, 11) is 0.